The van der Waals surface area contributed by atoms with Crippen molar-refractivity contribution in [2.24, 2.45) is 11.3 Å². The first kappa shape index (κ1) is 15.9. The third-order valence-electron chi connectivity index (χ3n) is 4.12. The number of nitrogens with one attached hydrogen (secondary N) is 1. The molecule has 1 heterocycles. The van der Waals surface area contributed by atoms with E-state index in [1.165, 1.54) is 6.42 Å². The van der Waals surface area contributed by atoms with Gasteiger partial charge in [0.1, 0.15) is 0 Å². The van der Waals surface area contributed by atoms with Gasteiger partial charge in [-0.05, 0) is 37.1 Å². The van der Waals surface area contributed by atoms with Crippen LogP contribution in [0.2, 0.25) is 0 Å². The van der Waals surface area contributed by atoms with Crippen molar-refractivity contribution in [1.29, 1.82) is 0 Å². The number of rotatable bonds is 7. The average Bonchev–Trinajstić information content (AvgIpc) is 2.32. The van der Waals surface area contributed by atoms with Crippen molar-refractivity contribution in [2.45, 2.75) is 53.1 Å². The molecule has 0 aromatic rings. The molecule has 0 saturated carbocycles. The SMILES string of the molecule is CCC(C)(CNCC(C)C)CN1CCC(O)CC1. The standard InChI is InChI=1S/C15H32N2O/c1-5-15(4,11-16-10-13(2)3)12-17-8-6-14(18)7-9-17/h13-14,16,18H,5-12H2,1-4H3. The van der Waals surface area contributed by atoms with Gasteiger partial charge in [-0.1, -0.05) is 27.7 Å². The van der Waals surface area contributed by atoms with Crippen LogP contribution in [0.4, 0.5) is 0 Å². The highest BCUT2D eigenvalue weighted by Crippen LogP contribution is 2.23. The van der Waals surface area contributed by atoms with Crippen LogP contribution in [0.15, 0.2) is 0 Å². The first-order valence-electron chi connectivity index (χ1n) is 7.56. The number of nitrogens with zero attached hydrogens (tertiary/aromatic N) is 1. The second kappa shape index (κ2) is 7.46. The van der Waals surface area contributed by atoms with E-state index < -0.39 is 0 Å². The van der Waals surface area contributed by atoms with Gasteiger partial charge in [-0.15, -0.1) is 0 Å². The number of hydrogen-bond acceptors (Lipinski definition) is 3. The summed E-state index contributed by atoms with van der Waals surface area (Å²) in [7, 11) is 0. The molecule has 0 aliphatic carbocycles. The van der Waals surface area contributed by atoms with E-state index >= 15 is 0 Å². The highest BCUT2D eigenvalue weighted by Gasteiger charge is 2.27. The summed E-state index contributed by atoms with van der Waals surface area (Å²) in [5, 5.41) is 13.1. The molecule has 1 aliphatic rings. The summed E-state index contributed by atoms with van der Waals surface area (Å²) < 4.78 is 0. The summed E-state index contributed by atoms with van der Waals surface area (Å²) in [6.45, 7) is 14.6. The van der Waals surface area contributed by atoms with E-state index in [1.807, 2.05) is 0 Å². The van der Waals surface area contributed by atoms with Gasteiger partial charge >= 0.3 is 0 Å². The Balaban J connectivity index is 2.34. The Bertz CT molecular complexity index is 225. The highest BCUT2D eigenvalue weighted by atomic mass is 16.3. The minimum atomic E-state index is -0.0619. The molecule has 0 bridgehead atoms. The molecule has 1 atom stereocenters. The van der Waals surface area contributed by atoms with Gasteiger partial charge in [-0.3, -0.25) is 0 Å². The second-order valence-electron chi connectivity index (χ2n) is 6.70. The number of aliphatic hydroxyl groups is 1. The topological polar surface area (TPSA) is 35.5 Å². The molecule has 2 N–H and O–H groups in total. The van der Waals surface area contributed by atoms with Gasteiger partial charge in [0.25, 0.3) is 0 Å². The minimum absolute atomic E-state index is 0.0619. The average molecular weight is 256 g/mol. The summed E-state index contributed by atoms with van der Waals surface area (Å²) in [4.78, 5) is 2.52. The lowest BCUT2D eigenvalue weighted by Crippen LogP contribution is -2.46. The van der Waals surface area contributed by atoms with E-state index in [9.17, 15) is 5.11 Å². The van der Waals surface area contributed by atoms with Crippen LogP contribution in [0.5, 0.6) is 0 Å². The zero-order valence-corrected chi connectivity index (χ0v) is 12.7. The molecule has 1 fully saturated rings. The van der Waals surface area contributed by atoms with Gasteiger partial charge in [0.15, 0.2) is 0 Å². The Morgan fingerprint density at radius 1 is 1.33 bits per heavy atom. The zero-order valence-electron chi connectivity index (χ0n) is 12.7. The van der Waals surface area contributed by atoms with Crippen LogP contribution in [-0.2, 0) is 0 Å². The largest absolute Gasteiger partial charge is 0.393 e. The van der Waals surface area contributed by atoms with Crippen molar-refractivity contribution in [2.75, 3.05) is 32.7 Å². The van der Waals surface area contributed by atoms with E-state index in [4.69, 9.17) is 0 Å². The first-order valence-corrected chi connectivity index (χ1v) is 7.56. The van der Waals surface area contributed by atoms with Crippen LogP contribution in [0, 0.1) is 11.3 Å². The molecular weight excluding hydrogens is 224 g/mol. The first-order chi connectivity index (χ1) is 8.45. The molecular formula is C15H32N2O. The number of likely N-dealkylation sites (tertiary alicyclic amines) is 1. The zero-order chi connectivity index (χ0) is 13.6. The molecule has 0 aromatic heterocycles. The molecule has 108 valence electrons. The van der Waals surface area contributed by atoms with Crippen LogP contribution in [0.1, 0.15) is 47.0 Å². The molecule has 1 saturated heterocycles. The molecule has 3 heteroatoms. The van der Waals surface area contributed by atoms with Crippen molar-refractivity contribution < 1.29 is 5.11 Å². The summed E-state index contributed by atoms with van der Waals surface area (Å²) in [5.41, 5.74) is 0.358. The lowest BCUT2D eigenvalue weighted by Gasteiger charge is -2.38. The Morgan fingerprint density at radius 2 is 1.94 bits per heavy atom. The monoisotopic (exact) mass is 256 g/mol. The Morgan fingerprint density at radius 3 is 2.44 bits per heavy atom. The quantitative estimate of drug-likeness (QED) is 0.732. The lowest BCUT2D eigenvalue weighted by molar-refractivity contribution is 0.0584. The Kier molecular flexibility index (Phi) is 6.61. The minimum Gasteiger partial charge on any atom is -0.393 e. The number of hydrogen-bond donors (Lipinski definition) is 2. The molecule has 0 spiro atoms. The third-order valence-corrected chi connectivity index (χ3v) is 4.12. The summed E-state index contributed by atoms with van der Waals surface area (Å²) in [6.07, 6.45) is 3.03. The maximum absolute atomic E-state index is 9.55. The fourth-order valence-corrected chi connectivity index (χ4v) is 2.57. The normalized spacial score (nSPS) is 22.3. The van der Waals surface area contributed by atoms with Gasteiger partial charge in [-0.25, -0.2) is 0 Å². The molecule has 0 aromatic carbocycles. The smallest absolute Gasteiger partial charge is 0.0564 e. The van der Waals surface area contributed by atoms with Crippen LogP contribution < -0.4 is 5.32 Å². The summed E-state index contributed by atoms with van der Waals surface area (Å²) in [5.74, 6) is 0.719. The lowest BCUT2D eigenvalue weighted by atomic mass is 9.86. The highest BCUT2D eigenvalue weighted by molar-refractivity contribution is 4.82. The van der Waals surface area contributed by atoms with Gasteiger partial charge in [0.2, 0.25) is 0 Å². The molecule has 1 unspecified atom stereocenters. The Labute approximate surface area is 113 Å². The van der Waals surface area contributed by atoms with E-state index in [2.05, 4.69) is 37.9 Å². The van der Waals surface area contributed by atoms with Crippen molar-refractivity contribution in [3.05, 3.63) is 0 Å². The fraction of sp³-hybridized carbons (Fsp3) is 1.00. The van der Waals surface area contributed by atoms with Crippen molar-refractivity contribution in [3.8, 4) is 0 Å². The van der Waals surface area contributed by atoms with Crippen LogP contribution in [0.25, 0.3) is 0 Å². The molecule has 1 rings (SSSR count). The van der Waals surface area contributed by atoms with Gasteiger partial charge in [-0.2, -0.15) is 0 Å². The van der Waals surface area contributed by atoms with Gasteiger partial charge < -0.3 is 15.3 Å². The van der Waals surface area contributed by atoms with E-state index in [-0.39, 0.29) is 6.10 Å². The summed E-state index contributed by atoms with van der Waals surface area (Å²) >= 11 is 0. The molecule has 0 radical (unpaired) electrons. The maximum atomic E-state index is 9.55. The van der Waals surface area contributed by atoms with Crippen molar-refractivity contribution in [3.63, 3.8) is 0 Å². The second-order valence-corrected chi connectivity index (χ2v) is 6.70. The van der Waals surface area contributed by atoms with E-state index in [0.29, 0.717) is 5.41 Å². The number of aliphatic hydroxyl groups excluding tert-OH is 1. The predicted molar refractivity (Wildman–Crippen MR) is 77.8 cm³/mol. The molecule has 3 nitrogen and oxygen atoms in total. The molecule has 18 heavy (non-hydrogen) atoms. The van der Waals surface area contributed by atoms with Crippen molar-refractivity contribution >= 4 is 0 Å². The predicted octanol–water partition coefficient (Wildman–Crippen LogP) is 2.10. The van der Waals surface area contributed by atoms with E-state index in [1.54, 1.807) is 0 Å². The van der Waals surface area contributed by atoms with Crippen LogP contribution >= 0.6 is 0 Å². The van der Waals surface area contributed by atoms with Crippen molar-refractivity contribution in [1.82, 2.24) is 10.2 Å². The molecule has 1 aliphatic heterocycles. The Hall–Kier alpha value is -0.120. The maximum Gasteiger partial charge on any atom is 0.0564 e. The van der Waals surface area contributed by atoms with Crippen LogP contribution in [0.3, 0.4) is 0 Å². The summed E-state index contributed by atoms with van der Waals surface area (Å²) in [6, 6.07) is 0. The van der Waals surface area contributed by atoms with Gasteiger partial charge in [0.05, 0.1) is 6.10 Å². The third kappa shape index (κ3) is 5.68. The number of piperidine rings is 1. The molecule has 0 amide bonds. The van der Waals surface area contributed by atoms with E-state index in [0.717, 1.165) is 51.5 Å². The van der Waals surface area contributed by atoms with Gasteiger partial charge in [0, 0.05) is 26.2 Å². The fourth-order valence-electron chi connectivity index (χ4n) is 2.57. The van der Waals surface area contributed by atoms with Crippen LogP contribution in [-0.4, -0.2) is 48.8 Å².